The van der Waals surface area contributed by atoms with Crippen LogP contribution in [0.5, 0.6) is 0 Å². The fraction of sp³-hybridized carbons (Fsp3) is 0.556. The van der Waals surface area contributed by atoms with E-state index < -0.39 is 41.7 Å². The summed E-state index contributed by atoms with van der Waals surface area (Å²) in [4.78, 5) is 34.4. The van der Waals surface area contributed by atoms with E-state index in [0.717, 1.165) is 10.6 Å². The Bertz CT molecular complexity index is 687. The minimum absolute atomic E-state index is 0.369. The maximum absolute atomic E-state index is 11.7. The molecule has 3 heterocycles. The molecule has 0 spiro atoms. The van der Waals surface area contributed by atoms with Crippen LogP contribution in [-0.2, 0) is 13.8 Å². The molecule has 1 aromatic heterocycles. The third kappa shape index (κ3) is 2.28. The van der Waals surface area contributed by atoms with Crippen LogP contribution in [0.1, 0.15) is 6.23 Å². The van der Waals surface area contributed by atoms with Crippen molar-refractivity contribution in [1.29, 1.82) is 0 Å². The molecule has 2 saturated heterocycles. The summed E-state index contributed by atoms with van der Waals surface area (Å²) in [5, 5.41) is 8.70. The number of aliphatic hydroxyl groups excluding tert-OH is 1. The lowest BCUT2D eigenvalue weighted by Crippen LogP contribution is -2.36. The average molecular weight is 322 g/mol. The van der Waals surface area contributed by atoms with E-state index in [-0.39, 0.29) is 6.61 Å². The van der Waals surface area contributed by atoms with Gasteiger partial charge in [-0.15, -0.1) is 0 Å². The van der Waals surface area contributed by atoms with Gasteiger partial charge in [0, 0.05) is 12.3 Å². The number of nitrogens with zero attached hydrogens (tertiary/aromatic N) is 1. The second-order valence-corrected chi connectivity index (χ2v) is 8.29. The molecule has 3 rings (SSSR count). The topological polar surface area (TPSA) is 131 Å². The minimum atomic E-state index is -3.82. The predicted octanol–water partition coefficient (Wildman–Crippen LogP) is -0.973. The van der Waals surface area contributed by atoms with Crippen molar-refractivity contribution < 1.29 is 23.8 Å². The van der Waals surface area contributed by atoms with Crippen molar-refractivity contribution in [3.63, 3.8) is 0 Å². The third-order valence-electron chi connectivity index (χ3n) is 3.10. The molecule has 0 bridgehead atoms. The molecule has 5 atom stereocenters. The fourth-order valence-electron chi connectivity index (χ4n) is 2.28. The molecule has 1 unspecified atom stereocenters. The van der Waals surface area contributed by atoms with Crippen LogP contribution in [0.15, 0.2) is 21.9 Å². The van der Waals surface area contributed by atoms with Gasteiger partial charge >= 0.3 is 12.5 Å². The van der Waals surface area contributed by atoms with Gasteiger partial charge in [0.25, 0.3) is 5.56 Å². The van der Waals surface area contributed by atoms with Gasteiger partial charge in [-0.25, -0.2) is 9.36 Å². The van der Waals surface area contributed by atoms with Gasteiger partial charge < -0.3 is 14.7 Å². The quantitative estimate of drug-likeness (QED) is 0.593. The summed E-state index contributed by atoms with van der Waals surface area (Å²) in [6.45, 7) is -4.18. The molecule has 2 aliphatic heterocycles. The molecule has 20 heavy (non-hydrogen) atoms. The van der Waals surface area contributed by atoms with Crippen LogP contribution in [0.2, 0.25) is 0 Å². The molecule has 11 heteroatoms. The summed E-state index contributed by atoms with van der Waals surface area (Å²) in [5.41, 5.74) is -1.28. The molecule has 1 aromatic rings. The van der Waals surface area contributed by atoms with Gasteiger partial charge in [0.05, 0.1) is 18.0 Å². The van der Waals surface area contributed by atoms with Crippen molar-refractivity contribution in [2.45, 2.75) is 23.7 Å². The molecule has 2 aliphatic rings. The summed E-state index contributed by atoms with van der Waals surface area (Å²) in [7, 11) is 0. The van der Waals surface area contributed by atoms with Crippen molar-refractivity contribution in [3.05, 3.63) is 33.1 Å². The zero-order valence-electron chi connectivity index (χ0n) is 9.91. The second-order valence-electron chi connectivity index (χ2n) is 4.37. The van der Waals surface area contributed by atoms with E-state index in [9.17, 15) is 24.2 Å². The molecule has 2 fully saturated rings. The largest absolute Gasteiger partial charge is 0.394 e. The van der Waals surface area contributed by atoms with Gasteiger partial charge in [-0.05, 0) is 11.4 Å². The highest BCUT2D eigenvalue weighted by Crippen LogP contribution is 2.69. The van der Waals surface area contributed by atoms with Crippen LogP contribution in [0.4, 0.5) is 0 Å². The minimum Gasteiger partial charge on any atom is -0.394 e. The monoisotopic (exact) mass is 322 g/mol. The van der Waals surface area contributed by atoms with Gasteiger partial charge in [-0.3, -0.25) is 18.9 Å². The number of H-pyrrole nitrogens is 1. The highest BCUT2D eigenvalue weighted by atomic mass is 32.7. The predicted molar refractivity (Wildman–Crippen MR) is 68.4 cm³/mol. The molecule has 0 radical (unpaired) electrons. The number of fused-ring (bicyclic) bond motifs is 1. The Morgan fingerprint density at radius 2 is 2.25 bits per heavy atom. The summed E-state index contributed by atoms with van der Waals surface area (Å²) in [6.07, 6.45) is -1.33. The van der Waals surface area contributed by atoms with Crippen LogP contribution in [0.25, 0.3) is 0 Å². The Balaban J connectivity index is 2.00. The first kappa shape index (κ1) is 14.1. The van der Waals surface area contributed by atoms with E-state index in [0.29, 0.717) is 11.4 Å². The number of hydrogen-bond acceptors (Lipinski definition) is 7. The van der Waals surface area contributed by atoms with Crippen molar-refractivity contribution in [3.8, 4) is 0 Å². The number of ether oxygens (including phenoxy) is 1. The molecule has 9 nitrogen and oxygen atoms in total. The zero-order chi connectivity index (χ0) is 14.5. The van der Waals surface area contributed by atoms with Crippen LogP contribution >= 0.6 is 18.2 Å². The smallest absolute Gasteiger partial charge is 0.387 e. The fourth-order valence-corrected chi connectivity index (χ4v) is 5.99. The Morgan fingerprint density at radius 3 is 2.90 bits per heavy atom. The van der Waals surface area contributed by atoms with Crippen LogP contribution in [-0.4, -0.2) is 43.6 Å². The first-order valence-electron chi connectivity index (χ1n) is 5.69. The molecule has 0 aromatic carbocycles. The van der Waals surface area contributed by atoms with E-state index in [4.69, 9.17) is 9.26 Å². The molecule has 0 saturated carbocycles. The molecule has 3 N–H and O–H groups in total. The lowest BCUT2D eigenvalue weighted by Gasteiger charge is -2.19. The van der Waals surface area contributed by atoms with Gasteiger partial charge in [-0.2, -0.15) is 0 Å². The van der Waals surface area contributed by atoms with Crippen molar-refractivity contribution in [2.24, 2.45) is 0 Å². The number of aromatic nitrogens is 2. The maximum Gasteiger partial charge on any atom is 0.387 e. The van der Waals surface area contributed by atoms with Crippen molar-refractivity contribution in [1.82, 2.24) is 9.55 Å². The van der Waals surface area contributed by atoms with E-state index in [1.54, 1.807) is 0 Å². The summed E-state index contributed by atoms with van der Waals surface area (Å²) in [6, 6.07) is 1.13. The Hall–Kier alpha value is -0.900. The van der Waals surface area contributed by atoms with Gasteiger partial charge in [-0.1, -0.05) is 0 Å². The first-order chi connectivity index (χ1) is 9.41. The molecular formula is C9H11N2O7PS. The molecule has 110 valence electrons. The Kier molecular flexibility index (Phi) is 3.39. The SMILES string of the molecule is O=c1ccn([C@@H]2O[C@H](CO)[C@H]3SP(=O)(O)O[C@H]32)c(=O)[nH]1. The standard InChI is InChI=1S/C9H11N2O7PS/c12-3-4-7-6(18-19(15,16)20-7)8(17-4)11-2-1-5(13)10-9(11)14/h1-2,4,6-8,12H,3H2,(H,15,16)(H,10,13,14)/t4-,6-,7-,8-/m1/s1. The molecule has 0 aliphatic carbocycles. The van der Waals surface area contributed by atoms with E-state index in [1.807, 2.05) is 0 Å². The highest BCUT2D eigenvalue weighted by molar-refractivity contribution is 8.55. The number of nitrogens with one attached hydrogen (secondary N) is 1. The van der Waals surface area contributed by atoms with Crippen molar-refractivity contribution in [2.75, 3.05) is 6.61 Å². The molecular weight excluding hydrogens is 311 g/mol. The second kappa shape index (κ2) is 4.83. The Morgan fingerprint density at radius 1 is 1.50 bits per heavy atom. The van der Waals surface area contributed by atoms with Crippen LogP contribution in [0, 0.1) is 0 Å². The van der Waals surface area contributed by atoms with Crippen LogP contribution in [0.3, 0.4) is 0 Å². The number of hydrogen-bond donors (Lipinski definition) is 3. The van der Waals surface area contributed by atoms with Gasteiger partial charge in [0.2, 0.25) is 0 Å². The van der Waals surface area contributed by atoms with E-state index in [2.05, 4.69) is 4.98 Å². The van der Waals surface area contributed by atoms with Crippen molar-refractivity contribution >= 4 is 18.2 Å². The summed E-state index contributed by atoms with van der Waals surface area (Å²) < 4.78 is 23.2. The zero-order valence-corrected chi connectivity index (χ0v) is 11.6. The number of aromatic amines is 1. The average Bonchev–Trinajstić information content (AvgIpc) is 2.83. The normalized spacial score (nSPS) is 39.9. The summed E-state index contributed by atoms with van der Waals surface area (Å²) >= 11 is 0.695. The Labute approximate surface area is 115 Å². The number of aliphatic hydroxyl groups is 1. The van der Waals surface area contributed by atoms with E-state index in [1.165, 1.54) is 6.20 Å². The lowest BCUT2D eigenvalue weighted by molar-refractivity contribution is -0.0490. The van der Waals surface area contributed by atoms with Gasteiger partial charge in [0.15, 0.2) is 6.23 Å². The van der Waals surface area contributed by atoms with Gasteiger partial charge in [0.1, 0.15) is 6.10 Å². The lowest BCUT2D eigenvalue weighted by atomic mass is 10.2. The maximum atomic E-state index is 11.7. The van der Waals surface area contributed by atoms with Crippen LogP contribution < -0.4 is 11.2 Å². The molecule has 0 amide bonds. The third-order valence-corrected chi connectivity index (χ3v) is 6.48. The number of rotatable bonds is 2. The summed E-state index contributed by atoms with van der Waals surface area (Å²) in [5.74, 6) is 0. The highest BCUT2D eigenvalue weighted by Gasteiger charge is 2.57. The first-order valence-corrected chi connectivity index (χ1v) is 8.75. The van der Waals surface area contributed by atoms with E-state index >= 15 is 0 Å².